The molecule has 0 saturated carbocycles. The van der Waals surface area contributed by atoms with Gasteiger partial charge in [0.05, 0.1) is 12.3 Å². The van der Waals surface area contributed by atoms with Crippen molar-refractivity contribution in [3.63, 3.8) is 0 Å². The molecule has 94 valence electrons. The lowest BCUT2D eigenvalue weighted by atomic mass is 10.1. The molecule has 4 atom stereocenters. The number of nitrogen functional groups attached to an aromatic ring is 1. The van der Waals surface area contributed by atoms with Crippen LogP contribution in [0.15, 0.2) is 24.3 Å². The van der Waals surface area contributed by atoms with Crippen molar-refractivity contribution in [2.45, 2.75) is 24.6 Å². The molecule has 1 aliphatic heterocycles. The van der Waals surface area contributed by atoms with E-state index in [1.54, 1.807) is 24.3 Å². The Morgan fingerprint density at radius 2 is 1.94 bits per heavy atom. The van der Waals surface area contributed by atoms with Crippen LogP contribution in [0.3, 0.4) is 0 Å². The van der Waals surface area contributed by atoms with Gasteiger partial charge in [-0.15, -0.1) is 0 Å². The van der Waals surface area contributed by atoms with Gasteiger partial charge in [0.25, 0.3) is 0 Å². The van der Waals surface area contributed by atoms with Crippen LogP contribution >= 0.6 is 0 Å². The highest BCUT2D eigenvalue weighted by molar-refractivity contribution is 5.51. The molecule has 1 aliphatic rings. The predicted molar refractivity (Wildman–Crippen MR) is 59.2 cm³/mol. The third-order valence-electron chi connectivity index (χ3n) is 2.66. The zero-order valence-electron chi connectivity index (χ0n) is 9.06. The van der Waals surface area contributed by atoms with Crippen LogP contribution in [0.4, 0.5) is 5.69 Å². The molecule has 6 heteroatoms. The number of para-hydroxylation sites is 2. The number of rotatable bonds is 3. The second kappa shape index (κ2) is 4.89. The number of aliphatic hydroxyl groups excluding tert-OH is 3. The molecule has 0 spiro atoms. The standard InChI is InChI=1S/C11H15NO5/c12-6-3-1-2-4-7(6)16-11-10(15)9(14)8(5-13)17-11/h1-4,8-11,13-15H,5,12H2/t8-,9-,10+,11?/m1/s1. The summed E-state index contributed by atoms with van der Waals surface area (Å²) in [5.74, 6) is 0.363. The van der Waals surface area contributed by atoms with Crippen LogP contribution in [-0.4, -0.2) is 46.5 Å². The zero-order valence-corrected chi connectivity index (χ0v) is 9.06. The summed E-state index contributed by atoms with van der Waals surface area (Å²) in [7, 11) is 0. The largest absolute Gasteiger partial charge is 0.460 e. The van der Waals surface area contributed by atoms with Crippen LogP contribution in [0.25, 0.3) is 0 Å². The average Bonchev–Trinajstić information content (AvgIpc) is 2.60. The van der Waals surface area contributed by atoms with E-state index in [9.17, 15) is 10.2 Å². The second-order valence-corrected chi connectivity index (χ2v) is 3.86. The van der Waals surface area contributed by atoms with E-state index in [1.807, 2.05) is 0 Å². The van der Waals surface area contributed by atoms with Crippen LogP contribution in [0.5, 0.6) is 5.75 Å². The molecule has 1 heterocycles. The van der Waals surface area contributed by atoms with Crippen molar-refractivity contribution in [1.82, 2.24) is 0 Å². The van der Waals surface area contributed by atoms with Crippen molar-refractivity contribution >= 4 is 5.69 Å². The maximum atomic E-state index is 9.66. The van der Waals surface area contributed by atoms with E-state index in [0.29, 0.717) is 11.4 Å². The summed E-state index contributed by atoms with van der Waals surface area (Å²) < 4.78 is 10.5. The number of benzene rings is 1. The highest BCUT2D eigenvalue weighted by Crippen LogP contribution is 2.27. The van der Waals surface area contributed by atoms with Crippen LogP contribution < -0.4 is 10.5 Å². The third kappa shape index (κ3) is 2.34. The van der Waals surface area contributed by atoms with Gasteiger partial charge in [0.15, 0.2) is 0 Å². The van der Waals surface area contributed by atoms with Gasteiger partial charge in [-0.2, -0.15) is 0 Å². The summed E-state index contributed by atoms with van der Waals surface area (Å²) in [6, 6.07) is 6.76. The van der Waals surface area contributed by atoms with E-state index >= 15 is 0 Å². The summed E-state index contributed by atoms with van der Waals surface area (Å²) in [5, 5.41) is 28.1. The summed E-state index contributed by atoms with van der Waals surface area (Å²) in [4.78, 5) is 0. The number of aliphatic hydroxyl groups is 3. The van der Waals surface area contributed by atoms with Crippen LogP contribution in [0.2, 0.25) is 0 Å². The molecule has 1 saturated heterocycles. The van der Waals surface area contributed by atoms with Crippen molar-refractivity contribution in [3.05, 3.63) is 24.3 Å². The van der Waals surface area contributed by atoms with Gasteiger partial charge >= 0.3 is 0 Å². The Hall–Kier alpha value is -1.34. The predicted octanol–water partition coefficient (Wildman–Crippen LogP) is -0.913. The normalized spacial score (nSPS) is 32.6. The van der Waals surface area contributed by atoms with Gasteiger partial charge in [0.1, 0.15) is 24.1 Å². The topological polar surface area (TPSA) is 105 Å². The highest BCUT2D eigenvalue weighted by atomic mass is 16.7. The van der Waals surface area contributed by atoms with Gasteiger partial charge in [-0.25, -0.2) is 0 Å². The first kappa shape index (κ1) is 12.1. The lowest BCUT2D eigenvalue weighted by molar-refractivity contribution is -0.116. The number of anilines is 1. The maximum Gasteiger partial charge on any atom is 0.229 e. The smallest absolute Gasteiger partial charge is 0.229 e. The van der Waals surface area contributed by atoms with Gasteiger partial charge in [-0.05, 0) is 12.1 Å². The fourth-order valence-corrected chi connectivity index (χ4v) is 1.68. The summed E-state index contributed by atoms with van der Waals surface area (Å²) >= 11 is 0. The van der Waals surface area contributed by atoms with E-state index in [0.717, 1.165) is 0 Å². The first-order valence-corrected chi connectivity index (χ1v) is 5.27. The van der Waals surface area contributed by atoms with E-state index in [-0.39, 0.29) is 6.61 Å². The van der Waals surface area contributed by atoms with Gasteiger partial charge < -0.3 is 30.5 Å². The van der Waals surface area contributed by atoms with Gasteiger partial charge in [0, 0.05) is 0 Å². The Balaban J connectivity index is 2.08. The molecule has 0 bridgehead atoms. The number of hydrogen-bond donors (Lipinski definition) is 4. The lowest BCUT2D eigenvalue weighted by Crippen LogP contribution is -2.35. The Kier molecular flexibility index (Phi) is 3.49. The molecule has 0 amide bonds. The molecule has 5 N–H and O–H groups in total. The molecular weight excluding hydrogens is 226 g/mol. The van der Waals surface area contributed by atoms with Crippen LogP contribution in [-0.2, 0) is 4.74 Å². The minimum Gasteiger partial charge on any atom is -0.460 e. The van der Waals surface area contributed by atoms with Crippen LogP contribution in [0.1, 0.15) is 0 Å². The maximum absolute atomic E-state index is 9.66. The quantitative estimate of drug-likeness (QED) is 0.510. The zero-order chi connectivity index (χ0) is 12.4. The number of ether oxygens (including phenoxy) is 2. The Labute approximate surface area is 98.2 Å². The minimum absolute atomic E-state index is 0.363. The van der Waals surface area contributed by atoms with Crippen molar-refractivity contribution in [3.8, 4) is 5.75 Å². The summed E-state index contributed by atoms with van der Waals surface area (Å²) in [5.41, 5.74) is 6.08. The fourth-order valence-electron chi connectivity index (χ4n) is 1.68. The Bertz CT molecular complexity index is 386. The van der Waals surface area contributed by atoms with Crippen molar-refractivity contribution < 1.29 is 24.8 Å². The SMILES string of the molecule is Nc1ccccc1OC1O[C@H](CO)[C@@H](O)[C@@H]1O. The Morgan fingerprint density at radius 1 is 1.24 bits per heavy atom. The monoisotopic (exact) mass is 241 g/mol. The molecule has 1 aromatic carbocycles. The molecule has 0 radical (unpaired) electrons. The van der Waals surface area contributed by atoms with E-state index in [1.165, 1.54) is 0 Å². The molecule has 0 aromatic heterocycles. The van der Waals surface area contributed by atoms with Gasteiger partial charge in [-0.3, -0.25) is 0 Å². The molecule has 2 rings (SSSR count). The first-order chi connectivity index (χ1) is 8.13. The molecule has 17 heavy (non-hydrogen) atoms. The molecular formula is C11H15NO5. The fraction of sp³-hybridized carbons (Fsp3) is 0.455. The van der Waals surface area contributed by atoms with Crippen LogP contribution in [0, 0.1) is 0 Å². The van der Waals surface area contributed by atoms with E-state index < -0.39 is 24.6 Å². The molecule has 0 aliphatic carbocycles. The van der Waals surface area contributed by atoms with Gasteiger partial charge in [0.2, 0.25) is 6.29 Å². The third-order valence-corrected chi connectivity index (χ3v) is 2.66. The minimum atomic E-state index is -1.22. The van der Waals surface area contributed by atoms with Crippen molar-refractivity contribution in [2.24, 2.45) is 0 Å². The van der Waals surface area contributed by atoms with Crippen molar-refractivity contribution in [1.29, 1.82) is 0 Å². The highest BCUT2D eigenvalue weighted by Gasteiger charge is 2.44. The molecule has 1 unspecified atom stereocenters. The average molecular weight is 241 g/mol. The van der Waals surface area contributed by atoms with E-state index in [2.05, 4.69) is 0 Å². The summed E-state index contributed by atoms with van der Waals surface area (Å²) in [6.45, 7) is -0.387. The first-order valence-electron chi connectivity index (χ1n) is 5.27. The second-order valence-electron chi connectivity index (χ2n) is 3.86. The number of hydrogen-bond acceptors (Lipinski definition) is 6. The van der Waals surface area contributed by atoms with Gasteiger partial charge in [-0.1, -0.05) is 12.1 Å². The van der Waals surface area contributed by atoms with E-state index in [4.69, 9.17) is 20.3 Å². The summed E-state index contributed by atoms with van der Waals surface area (Å²) in [6.07, 6.45) is -4.27. The molecule has 1 fully saturated rings. The lowest BCUT2D eigenvalue weighted by Gasteiger charge is -2.17. The van der Waals surface area contributed by atoms with Crippen molar-refractivity contribution in [2.75, 3.05) is 12.3 Å². The molecule has 6 nitrogen and oxygen atoms in total. The molecule has 1 aromatic rings. The Morgan fingerprint density at radius 3 is 2.53 bits per heavy atom. The number of nitrogens with two attached hydrogens (primary N) is 1.